The number of nitrogens with zero attached hydrogens (tertiary/aromatic N) is 1. The molecule has 0 saturated carbocycles. The fourth-order valence-electron chi connectivity index (χ4n) is 1.63. The smallest absolute Gasteiger partial charge is 0.310 e. The molecular formula is C11H9BrFNO3. The third kappa shape index (κ3) is 2.31. The molecule has 1 fully saturated rings. The summed E-state index contributed by atoms with van der Waals surface area (Å²) in [6.07, 6.45) is 0. The van der Waals surface area contributed by atoms with Crippen molar-refractivity contribution >= 4 is 27.8 Å². The van der Waals surface area contributed by atoms with Crippen molar-refractivity contribution in [1.29, 1.82) is 0 Å². The van der Waals surface area contributed by atoms with E-state index in [-0.39, 0.29) is 19.0 Å². The SMILES string of the molecule is O=C(O)C1CN(C(=O)c2ccc(F)cc2Br)C1. The summed E-state index contributed by atoms with van der Waals surface area (Å²) in [6, 6.07) is 3.80. The summed E-state index contributed by atoms with van der Waals surface area (Å²) >= 11 is 3.11. The zero-order valence-corrected chi connectivity index (χ0v) is 10.3. The van der Waals surface area contributed by atoms with Crippen LogP contribution < -0.4 is 0 Å². The molecule has 0 spiro atoms. The Balaban J connectivity index is 2.09. The maximum Gasteiger partial charge on any atom is 0.310 e. The minimum Gasteiger partial charge on any atom is -0.481 e. The van der Waals surface area contributed by atoms with Crippen molar-refractivity contribution in [2.24, 2.45) is 5.92 Å². The summed E-state index contributed by atoms with van der Waals surface area (Å²) in [5, 5.41) is 8.70. The standard InChI is InChI=1S/C11H9BrFNO3/c12-9-3-7(13)1-2-8(9)10(15)14-4-6(5-14)11(16)17/h1-3,6H,4-5H2,(H,16,17). The number of carbonyl (C=O) groups is 2. The van der Waals surface area contributed by atoms with Crippen LogP contribution in [-0.2, 0) is 4.79 Å². The molecule has 1 aromatic carbocycles. The van der Waals surface area contributed by atoms with Crippen LogP contribution in [0.5, 0.6) is 0 Å². The highest BCUT2D eigenvalue weighted by Crippen LogP contribution is 2.24. The monoisotopic (exact) mass is 301 g/mol. The molecule has 1 N–H and O–H groups in total. The maximum absolute atomic E-state index is 12.8. The van der Waals surface area contributed by atoms with E-state index in [2.05, 4.69) is 15.9 Å². The summed E-state index contributed by atoms with van der Waals surface area (Å²) in [5.74, 6) is -2.10. The lowest BCUT2D eigenvalue weighted by Crippen LogP contribution is -2.53. The zero-order chi connectivity index (χ0) is 12.6. The average Bonchev–Trinajstić information content (AvgIpc) is 2.13. The van der Waals surface area contributed by atoms with Crippen LogP contribution in [0.2, 0.25) is 0 Å². The lowest BCUT2D eigenvalue weighted by Gasteiger charge is -2.36. The Morgan fingerprint density at radius 3 is 2.59 bits per heavy atom. The Hall–Kier alpha value is -1.43. The van der Waals surface area contributed by atoms with E-state index >= 15 is 0 Å². The van der Waals surface area contributed by atoms with E-state index in [0.29, 0.717) is 10.0 Å². The number of likely N-dealkylation sites (tertiary alicyclic amines) is 1. The molecule has 0 atom stereocenters. The van der Waals surface area contributed by atoms with Crippen molar-refractivity contribution in [2.45, 2.75) is 0 Å². The highest BCUT2D eigenvalue weighted by Gasteiger charge is 2.36. The van der Waals surface area contributed by atoms with Gasteiger partial charge in [0.2, 0.25) is 0 Å². The number of carbonyl (C=O) groups excluding carboxylic acids is 1. The molecule has 1 saturated heterocycles. The number of carboxylic acids is 1. The first-order valence-corrected chi connectivity index (χ1v) is 5.75. The van der Waals surface area contributed by atoms with Gasteiger partial charge in [-0.3, -0.25) is 9.59 Å². The maximum atomic E-state index is 12.8. The van der Waals surface area contributed by atoms with Crippen LogP contribution in [-0.4, -0.2) is 35.0 Å². The number of aliphatic carboxylic acids is 1. The number of amides is 1. The number of hydrogen-bond donors (Lipinski definition) is 1. The van der Waals surface area contributed by atoms with E-state index in [4.69, 9.17) is 5.11 Å². The fraction of sp³-hybridized carbons (Fsp3) is 0.273. The Bertz CT molecular complexity index is 486. The van der Waals surface area contributed by atoms with Crippen LogP contribution in [0.15, 0.2) is 22.7 Å². The molecule has 0 unspecified atom stereocenters. The third-order valence-electron chi connectivity index (χ3n) is 2.68. The van der Waals surface area contributed by atoms with Crippen LogP contribution in [0.4, 0.5) is 4.39 Å². The summed E-state index contributed by atoms with van der Waals surface area (Å²) in [4.78, 5) is 23.9. The van der Waals surface area contributed by atoms with E-state index in [1.165, 1.54) is 23.1 Å². The Morgan fingerprint density at radius 1 is 1.41 bits per heavy atom. The highest BCUT2D eigenvalue weighted by atomic mass is 79.9. The summed E-state index contributed by atoms with van der Waals surface area (Å²) in [5.41, 5.74) is 0.343. The molecule has 1 amide bonds. The Kier molecular flexibility index (Phi) is 3.15. The van der Waals surface area contributed by atoms with Gasteiger partial charge < -0.3 is 10.0 Å². The normalized spacial score (nSPS) is 15.5. The van der Waals surface area contributed by atoms with Crippen molar-refractivity contribution in [2.75, 3.05) is 13.1 Å². The van der Waals surface area contributed by atoms with Gasteiger partial charge in [-0.1, -0.05) is 0 Å². The number of carboxylic acid groups (broad SMARTS) is 1. The number of hydrogen-bond acceptors (Lipinski definition) is 2. The van der Waals surface area contributed by atoms with Crippen LogP contribution in [0.3, 0.4) is 0 Å². The lowest BCUT2D eigenvalue weighted by molar-refractivity contribution is -0.146. The average molecular weight is 302 g/mol. The number of halogens is 2. The van der Waals surface area contributed by atoms with Crippen LogP contribution in [0.25, 0.3) is 0 Å². The largest absolute Gasteiger partial charge is 0.481 e. The molecule has 0 radical (unpaired) electrons. The lowest BCUT2D eigenvalue weighted by atomic mass is 9.99. The third-order valence-corrected chi connectivity index (χ3v) is 3.34. The second-order valence-corrected chi connectivity index (χ2v) is 4.72. The van der Waals surface area contributed by atoms with Gasteiger partial charge in [0.25, 0.3) is 5.91 Å². The van der Waals surface area contributed by atoms with Gasteiger partial charge in [-0.2, -0.15) is 0 Å². The van der Waals surface area contributed by atoms with Crippen LogP contribution in [0.1, 0.15) is 10.4 Å². The number of benzene rings is 1. The molecule has 0 bridgehead atoms. The highest BCUT2D eigenvalue weighted by molar-refractivity contribution is 9.10. The van der Waals surface area contributed by atoms with Gasteiger partial charge in [-0.15, -0.1) is 0 Å². The summed E-state index contributed by atoms with van der Waals surface area (Å²) in [7, 11) is 0. The van der Waals surface area contributed by atoms with Crippen molar-refractivity contribution < 1.29 is 19.1 Å². The van der Waals surface area contributed by atoms with Crippen LogP contribution >= 0.6 is 15.9 Å². The van der Waals surface area contributed by atoms with Gasteiger partial charge in [0.05, 0.1) is 11.5 Å². The van der Waals surface area contributed by atoms with Gasteiger partial charge in [0, 0.05) is 17.6 Å². The molecule has 17 heavy (non-hydrogen) atoms. The van der Waals surface area contributed by atoms with E-state index in [1.807, 2.05) is 0 Å². The topological polar surface area (TPSA) is 57.6 Å². The molecular weight excluding hydrogens is 293 g/mol. The number of rotatable bonds is 2. The summed E-state index contributed by atoms with van der Waals surface area (Å²) < 4.78 is 13.2. The summed E-state index contributed by atoms with van der Waals surface area (Å²) in [6.45, 7) is 0.413. The molecule has 1 heterocycles. The van der Waals surface area contributed by atoms with E-state index in [0.717, 1.165) is 0 Å². The first kappa shape index (κ1) is 12.0. The first-order chi connectivity index (χ1) is 7.99. The van der Waals surface area contributed by atoms with Crippen molar-refractivity contribution in [3.63, 3.8) is 0 Å². The quantitative estimate of drug-likeness (QED) is 0.905. The first-order valence-electron chi connectivity index (χ1n) is 4.96. The van der Waals surface area contributed by atoms with Gasteiger partial charge in [-0.25, -0.2) is 4.39 Å². The van der Waals surface area contributed by atoms with Crippen molar-refractivity contribution in [3.8, 4) is 0 Å². The molecule has 0 aromatic heterocycles. The Labute approximate surface area is 105 Å². The predicted octanol–water partition coefficient (Wildman–Crippen LogP) is 1.74. The predicted molar refractivity (Wildman–Crippen MR) is 61.1 cm³/mol. The second kappa shape index (κ2) is 4.44. The fourth-order valence-corrected chi connectivity index (χ4v) is 2.15. The second-order valence-electron chi connectivity index (χ2n) is 3.87. The van der Waals surface area contributed by atoms with Gasteiger partial charge in [0.15, 0.2) is 0 Å². The van der Waals surface area contributed by atoms with Gasteiger partial charge >= 0.3 is 5.97 Å². The van der Waals surface area contributed by atoms with Crippen molar-refractivity contribution in [1.82, 2.24) is 4.90 Å². The Morgan fingerprint density at radius 2 is 2.06 bits per heavy atom. The molecule has 1 aromatic rings. The minimum absolute atomic E-state index is 0.206. The minimum atomic E-state index is -0.896. The molecule has 2 rings (SSSR count). The van der Waals surface area contributed by atoms with Crippen LogP contribution in [0, 0.1) is 11.7 Å². The van der Waals surface area contributed by atoms with E-state index in [9.17, 15) is 14.0 Å². The van der Waals surface area contributed by atoms with Crippen molar-refractivity contribution in [3.05, 3.63) is 34.1 Å². The molecule has 1 aliphatic rings. The molecule has 4 nitrogen and oxygen atoms in total. The molecule has 90 valence electrons. The molecule has 1 aliphatic heterocycles. The molecule has 6 heteroatoms. The zero-order valence-electron chi connectivity index (χ0n) is 8.69. The van der Waals surface area contributed by atoms with Gasteiger partial charge in [-0.05, 0) is 34.1 Å². The molecule has 0 aliphatic carbocycles. The van der Waals surface area contributed by atoms with E-state index in [1.54, 1.807) is 0 Å². The van der Waals surface area contributed by atoms with E-state index < -0.39 is 17.7 Å². The van der Waals surface area contributed by atoms with Gasteiger partial charge in [0.1, 0.15) is 5.82 Å².